The van der Waals surface area contributed by atoms with Crippen molar-refractivity contribution in [1.82, 2.24) is 9.55 Å². The Labute approximate surface area is 179 Å². The van der Waals surface area contributed by atoms with Crippen LogP contribution in [0.3, 0.4) is 0 Å². The molecule has 166 valence electrons. The highest BCUT2D eigenvalue weighted by Gasteiger charge is 2.41. The number of halogens is 1. The zero-order valence-electron chi connectivity index (χ0n) is 19.4. The summed E-state index contributed by atoms with van der Waals surface area (Å²) in [5.74, 6) is 1.01. The topological polar surface area (TPSA) is 55.1 Å². The maximum Gasteiger partial charge on any atom is 0.133 e. The maximum atomic E-state index is 14.5. The molecule has 2 aliphatic carbocycles. The first kappa shape index (κ1) is 22.9. The van der Waals surface area contributed by atoms with Gasteiger partial charge in [0, 0.05) is 30.5 Å². The van der Waals surface area contributed by atoms with Crippen LogP contribution in [0.2, 0.25) is 0 Å². The van der Waals surface area contributed by atoms with Gasteiger partial charge in [-0.05, 0) is 63.4 Å². The van der Waals surface area contributed by atoms with Gasteiger partial charge in [-0.25, -0.2) is 9.37 Å². The van der Waals surface area contributed by atoms with E-state index in [0.717, 1.165) is 28.8 Å². The van der Waals surface area contributed by atoms with E-state index in [-0.39, 0.29) is 11.2 Å². The number of fused-ring (bicyclic) bond motifs is 1. The lowest BCUT2D eigenvalue weighted by molar-refractivity contribution is -0.120. The Kier molecular flexibility index (Phi) is 6.43. The van der Waals surface area contributed by atoms with Crippen LogP contribution in [0, 0.1) is 25.1 Å². The summed E-state index contributed by atoms with van der Waals surface area (Å²) in [6.07, 6.45) is 7.26. The molecule has 2 aliphatic rings. The van der Waals surface area contributed by atoms with Crippen molar-refractivity contribution in [2.75, 3.05) is 0 Å². The molecule has 0 aliphatic heterocycles. The minimum atomic E-state index is -0.967. The van der Waals surface area contributed by atoms with Crippen LogP contribution in [0.1, 0.15) is 102 Å². The standard InChI is InChI=1S/C17H21FN2O.C8H16O/c1-10-15(17(21)7-4-8-17)13(18)9-14-16(10)20(11(2)19-14)12-5-3-6-12;1-5-7(9)6-8(2,3)4/h9,12,21H,3-8H2,1-2H3;5-6H2,1-4H3. The number of aliphatic hydroxyl groups is 1. The first-order valence-electron chi connectivity index (χ1n) is 11.4. The Morgan fingerprint density at radius 1 is 1.27 bits per heavy atom. The minimum Gasteiger partial charge on any atom is -0.385 e. The van der Waals surface area contributed by atoms with E-state index in [2.05, 4.69) is 30.3 Å². The fourth-order valence-corrected chi connectivity index (χ4v) is 4.67. The number of aromatic nitrogens is 2. The van der Waals surface area contributed by atoms with E-state index in [0.29, 0.717) is 43.1 Å². The summed E-state index contributed by atoms with van der Waals surface area (Å²) in [5.41, 5.74) is 2.33. The normalized spacial score (nSPS) is 18.4. The molecule has 0 unspecified atom stereocenters. The second-order valence-electron chi connectivity index (χ2n) is 10.4. The van der Waals surface area contributed by atoms with Crippen molar-refractivity contribution in [2.24, 2.45) is 5.41 Å². The summed E-state index contributed by atoms with van der Waals surface area (Å²) in [6, 6.07) is 2.00. The summed E-state index contributed by atoms with van der Waals surface area (Å²) in [5, 5.41) is 10.6. The van der Waals surface area contributed by atoms with E-state index >= 15 is 0 Å². The van der Waals surface area contributed by atoms with Gasteiger partial charge >= 0.3 is 0 Å². The average molecular weight is 417 g/mol. The molecule has 0 spiro atoms. The van der Waals surface area contributed by atoms with Crippen molar-refractivity contribution >= 4 is 16.8 Å². The van der Waals surface area contributed by atoms with E-state index in [9.17, 15) is 14.3 Å². The van der Waals surface area contributed by atoms with Gasteiger partial charge in [0.05, 0.1) is 16.6 Å². The summed E-state index contributed by atoms with van der Waals surface area (Å²) in [6.45, 7) is 12.1. The molecule has 0 saturated heterocycles. The molecule has 1 aromatic heterocycles. The first-order valence-corrected chi connectivity index (χ1v) is 11.4. The van der Waals surface area contributed by atoms with E-state index in [1.165, 1.54) is 25.3 Å². The van der Waals surface area contributed by atoms with E-state index < -0.39 is 5.60 Å². The van der Waals surface area contributed by atoms with Crippen LogP contribution in [0.5, 0.6) is 0 Å². The van der Waals surface area contributed by atoms with Crippen molar-refractivity contribution in [2.45, 2.75) is 105 Å². The van der Waals surface area contributed by atoms with Gasteiger partial charge < -0.3 is 9.67 Å². The van der Waals surface area contributed by atoms with Crippen LogP contribution >= 0.6 is 0 Å². The van der Waals surface area contributed by atoms with Crippen LogP contribution in [-0.4, -0.2) is 20.4 Å². The molecule has 0 atom stereocenters. The first-order chi connectivity index (χ1) is 14.0. The molecule has 4 nitrogen and oxygen atoms in total. The Balaban J connectivity index is 0.000000244. The quantitative estimate of drug-likeness (QED) is 0.637. The van der Waals surface area contributed by atoms with Crippen LogP contribution in [0.4, 0.5) is 4.39 Å². The number of ketones is 1. The highest BCUT2D eigenvalue weighted by atomic mass is 19.1. The number of Topliss-reactive ketones (excluding diaryl/α,β-unsaturated/α-hetero) is 1. The number of carbonyl (C=O) groups is 1. The minimum absolute atomic E-state index is 0.174. The Morgan fingerprint density at radius 3 is 2.30 bits per heavy atom. The van der Waals surface area contributed by atoms with Gasteiger partial charge in [0.1, 0.15) is 17.4 Å². The maximum absolute atomic E-state index is 14.5. The molecule has 1 heterocycles. The number of hydrogen-bond acceptors (Lipinski definition) is 3. The molecular formula is C25H37FN2O2. The Bertz CT molecular complexity index is 931. The number of rotatable bonds is 4. The third kappa shape index (κ3) is 4.46. The molecule has 1 aromatic carbocycles. The number of nitrogens with zero attached hydrogens (tertiary/aromatic N) is 2. The number of imidazole rings is 1. The van der Waals surface area contributed by atoms with Gasteiger partial charge in [-0.1, -0.05) is 27.7 Å². The van der Waals surface area contributed by atoms with Crippen molar-refractivity contribution in [1.29, 1.82) is 0 Å². The number of carbonyl (C=O) groups excluding carboxylic acids is 1. The Morgan fingerprint density at radius 2 is 1.90 bits per heavy atom. The van der Waals surface area contributed by atoms with Crippen molar-refractivity contribution in [3.8, 4) is 0 Å². The molecule has 2 aromatic rings. The van der Waals surface area contributed by atoms with Gasteiger partial charge in [-0.2, -0.15) is 0 Å². The predicted octanol–water partition coefficient (Wildman–Crippen LogP) is 6.29. The van der Waals surface area contributed by atoms with Crippen LogP contribution in [0.25, 0.3) is 11.0 Å². The zero-order valence-corrected chi connectivity index (χ0v) is 19.4. The lowest BCUT2D eigenvalue weighted by Gasteiger charge is -2.38. The number of hydrogen-bond donors (Lipinski definition) is 1. The fourth-order valence-electron chi connectivity index (χ4n) is 4.67. The van der Waals surface area contributed by atoms with Gasteiger partial charge in [-0.3, -0.25) is 4.79 Å². The zero-order chi connectivity index (χ0) is 22.3. The molecule has 2 saturated carbocycles. The summed E-state index contributed by atoms with van der Waals surface area (Å²) in [4.78, 5) is 15.4. The highest BCUT2D eigenvalue weighted by molar-refractivity contribution is 5.82. The average Bonchev–Trinajstić information content (AvgIpc) is 2.87. The molecule has 0 bridgehead atoms. The monoisotopic (exact) mass is 416 g/mol. The van der Waals surface area contributed by atoms with Gasteiger partial charge in [0.2, 0.25) is 0 Å². The number of aryl methyl sites for hydroxylation is 2. The smallest absolute Gasteiger partial charge is 0.133 e. The molecule has 4 rings (SSSR count). The van der Waals surface area contributed by atoms with Gasteiger partial charge in [0.15, 0.2) is 0 Å². The third-order valence-corrected chi connectivity index (χ3v) is 6.55. The molecule has 30 heavy (non-hydrogen) atoms. The van der Waals surface area contributed by atoms with E-state index in [4.69, 9.17) is 0 Å². The third-order valence-electron chi connectivity index (χ3n) is 6.55. The molecule has 1 N–H and O–H groups in total. The summed E-state index contributed by atoms with van der Waals surface area (Å²) in [7, 11) is 0. The summed E-state index contributed by atoms with van der Waals surface area (Å²) < 4.78 is 16.8. The fraction of sp³-hybridized carbons (Fsp3) is 0.680. The molecular weight excluding hydrogens is 379 g/mol. The summed E-state index contributed by atoms with van der Waals surface area (Å²) >= 11 is 0. The van der Waals surface area contributed by atoms with E-state index in [1.54, 1.807) is 0 Å². The lowest BCUT2D eigenvalue weighted by atomic mass is 9.73. The second kappa shape index (κ2) is 8.41. The molecule has 2 fully saturated rings. The van der Waals surface area contributed by atoms with Crippen molar-refractivity contribution in [3.63, 3.8) is 0 Å². The molecule has 0 radical (unpaired) electrons. The largest absolute Gasteiger partial charge is 0.385 e. The van der Waals surface area contributed by atoms with Crippen LogP contribution in [-0.2, 0) is 10.4 Å². The van der Waals surface area contributed by atoms with Crippen molar-refractivity contribution < 1.29 is 14.3 Å². The van der Waals surface area contributed by atoms with Crippen LogP contribution in [0.15, 0.2) is 6.07 Å². The van der Waals surface area contributed by atoms with Crippen LogP contribution < -0.4 is 0 Å². The van der Waals surface area contributed by atoms with E-state index in [1.807, 2.05) is 20.8 Å². The SMILES string of the molecule is CCC(=O)CC(C)(C)C.Cc1c(C2(O)CCC2)c(F)cc2nc(C)n(C3CCC3)c12. The van der Waals surface area contributed by atoms with Crippen molar-refractivity contribution in [3.05, 3.63) is 28.8 Å². The van der Waals surface area contributed by atoms with Gasteiger partial charge in [-0.15, -0.1) is 0 Å². The van der Waals surface area contributed by atoms with Gasteiger partial charge in [0.25, 0.3) is 0 Å². The number of benzene rings is 1. The lowest BCUT2D eigenvalue weighted by Crippen LogP contribution is -2.35. The molecule has 0 amide bonds. The highest BCUT2D eigenvalue weighted by Crippen LogP contribution is 2.46. The Hall–Kier alpha value is -1.75. The second-order valence-corrected chi connectivity index (χ2v) is 10.4. The predicted molar refractivity (Wildman–Crippen MR) is 119 cm³/mol. The molecule has 5 heteroatoms.